The van der Waals surface area contributed by atoms with Gasteiger partial charge in [0.25, 0.3) is 11.8 Å². The number of carbonyl (C=O) groups excluding carboxylic acids is 2. The van der Waals surface area contributed by atoms with E-state index in [1.807, 2.05) is 62.5 Å². The minimum absolute atomic E-state index is 0.175. The molecule has 0 saturated carbocycles. The molecule has 0 radical (unpaired) electrons. The van der Waals surface area contributed by atoms with Crippen LogP contribution in [0.5, 0.6) is 11.5 Å². The third kappa shape index (κ3) is 6.70. The van der Waals surface area contributed by atoms with Crippen molar-refractivity contribution in [3.8, 4) is 11.5 Å². The first-order chi connectivity index (χ1) is 16.0. The molecule has 0 bridgehead atoms. The zero-order valence-electron chi connectivity index (χ0n) is 19.0. The van der Waals surface area contributed by atoms with Crippen LogP contribution in [0.1, 0.15) is 47.6 Å². The summed E-state index contributed by atoms with van der Waals surface area (Å²) >= 11 is 1.48. The molecule has 2 amide bonds. The van der Waals surface area contributed by atoms with Crippen molar-refractivity contribution >= 4 is 29.2 Å². The minimum Gasteiger partial charge on any atom is -0.490 e. The largest absolute Gasteiger partial charge is 0.490 e. The highest BCUT2D eigenvalue weighted by molar-refractivity contribution is 7.10. The number of benzene rings is 2. The molecule has 0 aliphatic carbocycles. The standard InChI is InChI=1S/C26H28N2O4S/c1-4-31-23-14-13-20(16-24(23)32-5-2)18(3)27-26(30)22(17-21-12-9-15-33-21)28-25(29)19-10-7-6-8-11-19/h6-18H,4-5H2,1-3H3,(H,27,30)(H,28,29)/b22-17-/t18-/m1/s1. The second-order valence-corrected chi connectivity index (χ2v) is 8.14. The van der Waals surface area contributed by atoms with Crippen LogP contribution in [0.3, 0.4) is 0 Å². The first-order valence-corrected chi connectivity index (χ1v) is 11.7. The molecule has 1 aromatic heterocycles. The van der Waals surface area contributed by atoms with Gasteiger partial charge in [0.2, 0.25) is 0 Å². The van der Waals surface area contributed by atoms with E-state index in [9.17, 15) is 9.59 Å². The van der Waals surface area contributed by atoms with Crippen molar-refractivity contribution in [2.75, 3.05) is 13.2 Å². The van der Waals surface area contributed by atoms with Gasteiger partial charge in [-0.3, -0.25) is 9.59 Å². The van der Waals surface area contributed by atoms with E-state index >= 15 is 0 Å². The lowest BCUT2D eigenvalue weighted by molar-refractivity contribution is -0.118. The monoisotopic (exact) mass is 464 g/mol. The first kappa shape index (κ1) is 24.1. The zero-order chi connectivity index (χ0) is 23.6. The highest BCUT2D eigenvalue weighted by Crippen LogP contribution is 2.30. The SMILES string of the molecule is CCOc1ccc([C@@H](C)NC(=O)/C(=C/c2cccs2)NC(=O)c2ccccc2)cc1OCC. The van der Waals surface area contributed by atoms with Crippen molar-refractivity contribution in [3.63, 3.8) is 0 Å². The molecule has 6 nitrogen and oxygen atoms in total. The molecule has 0 fully saturated rings. The molecule has 0 spiro atoms. The Kier molecular flexibility index (Phi) is 8.66. The van der Waals surface area contributed by atoms with Gasteiger partial charge in [0.05, 0.1) is 19.3 Å². The number of nitrogens with one attached hydrogen (secondary N) is 2. The number of hydrogen-bond acceptors (Lipinski definition) is 5. The fraction of sp³-hybridized carbons (Fsp3) is 0.231. The van der Waals surface area contributed by atoms with Gasteiger partial charge in [-0.05, 0) is 68.1 Å². The van der Waals surface area contributed by atoms with Gasteiger partial charge in [-0.1, -0.05) is 30.3 Å². The van der Waals surface area contributed by atoms with Gasteiger partial charge in [-0.2, -0.15) is 0 Å². The van der Waals surface area contributed by atoms with Crippen LogP contribution >= 0.6 is 11.3 Å². The molecule has 33 heavy (non-hydrogen) atoms. The second-order valence-electron chi connectivity index (χ2n) is 7.16. The average Bonchev–Trinajstić information content (AvgIpc) is 3.33. The molecule has 7 heteroatoms. The summed E-state index contributed by atoms with van der Waals surface area (Å²) in [6, 6.07) is 17.8. The Hall–Kier alpha value is -3.58. The van der Waals surface area contributed by atoms with Crippen molar-refractivity contribution in [3.05, 3.63) is 87.7 Å². The topological polar surface area (TPSA) is 76.7 Å². The summed E-state index contributed by atoms with van der Waals surface area (Å²) in [7, 11) is 0. The van der Waals surface area contributed by atoms with E-state index in [0.29, 0.717) is 30.3 Å². The molecule has 2 aromatic carbocycles. The summed E-state index contributed by atoms with van der Waals surface area (Å²) in [6.07, 6.45) is 1.68. The van der Waals surface area contributed by atoms with E-state index in [0.717, 1.165) is 10.4 Å². The van der Waals surface area contributed by atoms with Crippen molar-refractivity contribution in [1.82, 2.24) is 10.6 Å². The van der Waals surface area contributed by atoms with Gasteiger partial charge < -0.3 is 20.1 Å². The molecular weight excluding hydrogens is 436 g/mol. The van der Waals surface area contributed by atoms with Gasteiger partial charge >= 0.3 is 0 Å². The number of carbonyl (C=O) groups is 2. The lowest BCUT2D eigenvalue weighted by Gasteiger charge is -2.19. The van der Waals surface area contributed by atoms with Crippen LogP contribution in [0, 0.1) is 0 Å². The normalized spacial score (nSPS) is 12.0. The summed E-state index contributed by atoms with van der Waals surface area (Å²) < 4.78 is 11.3. The van der Waals surface area contributed by atoms with Gasteiger partial charge in [0, 0.05) is 10.4 Å². The van der Waals surface area contributed by atoms with Crippen LogP contribution in [-0.4, -0.2) is 25.0 Å². The lowest BCUT2D eigenvalue weighted by Crippen LogP contribution is -2.36. The molecule has 0 unspecified atom stereocenters. The van der Waals surface area contributed by atoms with Crippen molar-refractivity contribution < 1.29 is 19.1 Å². The van der Waals surface area contributed by atoms with E-state index in [2.05, 4.69) is 10.6 Å². The smallest absolute Gasteiger partial charge is 0.268 e. The number of hydrogen-bond donors (Lipinski definition) is 2. The Bertz CT molecular complexity index is 1090. The molecule has 172 valence electrons. The summed E-state index contributed by atoms with van der Waals surface area (Å²) in [5.74, 6) is 0.563. The predicted octanol–water partition coefficient (Wildman–Crippen LogP) is 5.19. The molecule has 2 N–H and O–H groups in total. The lowest BCUT2D eigenvalue weighted by atomic mass is 10.1. The molecule has 0 aliphatic rings. The summed E-state index contributed by atoms with van der Waals surface area (Å²) in [6.45, 7) is 6.74. The highest BCUT2D eigenvalue weighted by Gasteiger charge is 2.19. The third-order valence-electron chi connectivity index (χ3n) is 4.77. The molecule has 1 heterocycles. The maximum atomic E-state index is 13.2. The minimum atomic E-state index is -0.382. The Morgan fingerprint density at radius 1 is 0.970 bits per heavy atom. The Morgan fingerprint density at radius 3 is 2.36 bits per heavy atom. The maximum absolute atomic E-state index is 13.2. The summed E-state index contributed by atoms with van der Waals surface area (Å²) in [5.41, 5.74) is 1.51. The maximum Gasteiger partial charge on any atom is 0.268 e. The van der Waals surface area contributed by atoms with E-state index in [-0.39, 0.29) is 23.6 Å². The Morgan fingerprint density at radius 2 is 1.70 bits per heavy atom. The molecule has 0 aliphatic heterocycles. The first-order valence-electron chi connectivity index (χ1n) is 10.8. The molecular formula is C26H28N2O4S. The van der Waals surface area contributed by atoms with E-state index in [1.165, 1.54) is 11.3 Å². The number of rotatable bonds is 10. The van der Waals surface area contributed by atoms with E-state index in [1.54, 1.807) is 30.3 Å². The zero-order valence-corrected chi connectivity index (χ0v) is 19.8. The van der Waals surface area contributed by atoms with Crippen LogP contribution in [0.25, 0.3) is 6.08 Å². The van der Waals surface area contributed by atoms with Gasteiger partial charge in [0.15, 0.2) is 11.5 Å². The average molecular weight is 465 g/mol. The van der Waals surface area contributed by atoms with Crippen molar-refractivity contribution in [2.24, 2.45) is 0 Å². The fourth-order valence-electron chi connectivity index (χ4n) is 3.15. The highest BCUT2D eigenvalue weighted by atomic mass is 32.1. The van der Waals surface area contributed by atoms with Crippen LogP contribution < -0.4 is 20.1 Å². The van der Waals surface area contributed by atoms with Crippen LogP contribution in [-0.2, 0) is 4.79 Å². The van der Waals surface area contributed by atoms with E-state index in [4.69, 9.17) is 9.47 Å². The Balaban J connectivity index is 1.80. The number of thiophene rings is 1. The third-order valence-corrected chi connectivity index (χ3v) is 5.59. The molecule has 1 atom stereocenters. The van der Waals surface area contributed by atoms with Crippen molar-refractivity contribution in [2.45, 2.75) is 26.8 Å². The number of amides is 2. The fourth-order valence-corrected chi connectivity index (χ4v) is 3.81. The van der Waals surface area contributed by atoms with Crippen LogP contribution in [0.15, 0.2) is 71.7 Å². The summed E-state index contributed by atoms with van der Waals surface area (Å²) in [5, 5.41) is 7.65. The number of ether oxygens (including phenoxy) is 2. The predicted molar refractivity (Wildman–Crippen MR) is 132 cm³/mol. The van der Waals surface area contributed by atoms with Gasteiger partial charge in [-0.15, -0.1) is 11.3 Å². The van der Waals surface area contributed by atoms with Gasteiger partial charge in [0.1, 0.15) is 5.70 Å². The van der Waals surface area contributed by atoms with Crippen molar-refractivity contribution in [1.29, 1.82) is 0 Å². The molecule has 3 rings (SSSR count). The molecule has 0 saturated heterocycles. The van der Waals surface area contributed by atoms with E-state index < -0.39 is 0 Å². The second kappa shape index (κ2) is 11.9. The summed E-state index contributed by atoms with van der Waals surface area (Å²) in [4.78, 5) is 26.7. The molecule has 3 aromatic rings. The quantitative estimate of drug-likeness (QED) is 0.405. The van der Waals surface area contributed by atoms with Crippen LogP contribution in [0.2, 0.25) is 0 Å². The van der Waals surface area contributed by atoms with Crippen LogP contribution in [0.4, 0.5) is 0 Å². The van der Waals surface area contributed by atoms with Gasteiger partial charge in [-0.25, -0.2) is 0 Å². The Labute approximate surface area is 198 Å².